The summed E-state index contributed by atoms with van der Waals surface area (Å²) in [6.07, 6.45) is 4.12. The highest BCUT2D eigenvalue weighted by Crippen LogP contribution is 2.29. The molecular weight excluding hydrogens is 881 g/mol. The van der Waals surface area contributed by atoms with Crippen LogP contribution < -0.4 is 43.0 Å². The number of amides is 6. The van der Waals surface area contributed by atoms with Crippen LogP contribution in [0.1, 0.15) is 75.3 Å². The number of hydrogen-bond acceptors (Lipinski definition) is 12. The first kappa shape index (κ1) is 50.8. The van der Waals surface area contributed by atoms with Crippen LogP contribution >= 0.6 is 0 Å². The predicted molar refractivity (Wildman–Crippen MR) is 247 cm³/mol. The lowest BCUT2D eigenvalue weighted by molar-refractivity contribution is -0.143. The van der Waals surface area contributed by atoms with E-state index in [9.17, 15) is 48.9 Å². The SMILES string of the molecule is N=C(N)NCCC[C@@H]1NC(=O)[C@H](Cc2c[nH]c3ncccc23)NC(=O)[C@@H](C[C@H]2CC[C@@H](O)CC2)NC(=O)[C@@H]2C[C@@H](O)CN2C(=O)[C@@H](NC(=O)[C@H](Cc2ccccc2)NCC(=O)O)CCCNC1=O. The Hall–Kier alpha value is -6.65. The highest BCUT2D eigenvalue weighted by Gasteiger charge is 2.43. The average molecular weight is 945 g/mol. The van der Waals surface area contributed by atoms with Crippen LogP contribution in [0.5, 0.6) is 0 Å². The first-order valence-corrected chi connectivity index (χ1v) is 23.3. The monoisotopic (exact) mass is 944 g/mol. The fourth-order valence-corrected chi connectivity index (χ4v) is 9.16. The number of aliphatic carboxylic acids is 1. The number of pyridine rings is 1. The molecule has 0 radical (unpaired) electrons. The summed E-state index contributed by atoms with van der Waals surface area (Å²) >= 11 is 0. The van der Waals surface area contributed by atoms with Crippen LogP contribution in [0.2, 0.25) is 0 Å². The number of hydrogen-bond donors (Lipinski definition) is 13. The fourth-order valence-electron chi connectivity index (χ4n) is 9.16. The number of nitrogens with two attached hydrogens (primary N) is 1. The number of rotatable bonds is 15. The maximum Gasteiger partial charge on any atom is 0.317 e. The number of H-pyrrole nitrogens is 1. The van der Waals surface area contributed by atoms with Crippen molar-refractivity contribution in [3.05, 3.63) is 66.0 Å². The molecule has 22 nitrogen and oxygen atoms in total. The molecule has 0 bridgehead atoms. The van der Waals surface area contributed by atoms with Crippen LogP contribution in [0.4, 0.5) is 0 Å². The van der Waals surface area contributed by atoms with Crippen LogP contribution in [0.3, 0.4) is 0 Å². The second kappa shape index (κ2) is 24.4. The Morgan fingerprint density at radius 2 is 1.60 bits per heavy atom. The molecule has 3 aromatic rings. The van der Waals surface area contributed by atoms with Crippen molar-refractivity contribution >= 4 is 58.4 Å². The van der Waals surface area contributed by atoms with E-state index in [1.165, 1.54) is 4.90 Å². The van der Waals surface area contributed by atoms with E-state index in [1.807, 2.05) is 6.07 Å². The van der Waals surface area contributed by atoms with Crippen molar-refractivity contribution in [2.24, 2.45) is 11.7 Å². The summed E-state index contributed by atoms with van der Waals surface area (Å²) in [5, 5.41) is 58.4. The van der Waals surface area contributed by atoms with Gasteiger partial charge in [-0.05, 0) is 93.4 Å². The predicted octanol–water partition coefficient (Wildman–Crippen LogP) is -1.59. The largest absolute Gasteiger partial charge is 0.480 e. The Balaban J connectivity index is 1.33. The first-order valence-electron chi connectivity index (χ1n) is 23.3. The van der Waals surface area contributed by atoms with E-state index in [4.69, 9.17) is 11.1 Å². The Labute approximate surface area is 393 Å². The van der Waals surface area contributed by atoms with Crippen LogP contribution in [0, 0.1) is 11.3 Å². The van der Waals surface area contributed by atoms with Gasteiger partial charge in [-0.3, -0.25) is 44.3 Å². The second-order valence-electron chi connectivity index (χ2n) is 17.9. The number of nitrogens with zero attached hydrogens (tertiary/aromatic N) is 2. The molecule has 1 aromatic carbocycles. The van der Waals surface area contributed by atoms with Gasteiger partial charge in [-0.2, -0.15) is 0 Å². The van der Waals surface area contributed by atoms with Gasteiger partial charge in [0.2, 0.25) is 35.4 Å². The van der Waals surface area contributed by atoms with Gasteiger partial charge >= 0.3 is 5.97 Å². The number of carbonyl (C=O) groups is 7. The van der Waals surface area contributed by atoms with Gasteiger partial charge in [-0.25, -0.2) is 4.98 Å². The molecule has 6 rings (SSSR count). The maximum absolute atomic E-state index is 14.7. The lowest BCUT2D eigenvalue weighted by Gasteiger charge is -2.32. The summed E-state index contributed by atoms with van der Waals surface area (Å²) < 4.78 is 0. The number of aromatic amines is 1. The number of fused-ring (bicyclic) bond motifs is 2. The van der Waals surface area contributed by atoms with Gasteiger partial charge in [0.15, 0.2) is 5.96 Å². The lowest BCUT2D eigenvalue weighted by Crippen LogP contribution is -2.60. The fraction of sp³-hybridized carbons (Fsp3) is 0.543. The van der Waals surface area contributed by atoms with Crippen molar-refractivity contribution < 1.29 is 48.9 Å². The number of guanidine groups is 1. The molecule has 2 aromatic heterocycles. The van der Waals surface area contributed by atoms with Gasteiger partial charge in [0.05, 0.1) is 24.8 Å². The molecule has 7 atom stereocenters. The Morgan fingerprint density at radius 1 is 0.882 bits per heavy atom. The maximum atomic E-state index is 14.7. The molecule has 3 aliphatic rings. The van der Waals surface area contributed by atoms with E-state index >= 15 is 0 Å². The summed E-state index contributed by atoms with van der Waals surface area (Å²) in [5.74, 6) is -5.73. The topological polar surface area (TPSA) is 346 Å². The standard InChI is InChI=1S/C46H64N12O10/c47-46(48)51-18-5-10-32-40(63)50-17-6-11-33(55-41(64)34(52-24-38(61)62)19-26-7-2-1-3-8-26)45(68)58-25-30(60)22-37(58)44(67)57-35(20-27-12-14-29(59)15-13-27)42(65)56-36(43(66)54-32)21-28-23-53-39-31(28)9-4-16-49-39/h1-4,7-9,16,23,27,29-30,32-37,52,59-60H,5-6,10-15,17-22,24-25H2,(H,49,53)(H,50,63)(H,54,66)(H,55,64)(H,56,65)(H,57,67)(H,61,62)(H4,47,48,51)/t27-,29+,30-,32+,33+,34+,35-,36+,37+/m1/s1. The quantitative estimate of drug-likeness (QED) is 0.0464. The van der Waals surface area contributed by atoms with Crippen LogP contribution in [-0.2, 0) is 46.4 Å². The molecule has 368 valence electrons. The summed E-state index contributed by atoms with van der Waals surface area (Å²) in [5.41, 5.74) is 7.39. The number of carboxylic acids is 1. The molecule has 0 unspecified atom stereocenters. The van der Waals surface area contributed by atoms with Crippen molar-refractivity contribution in [3.63, 3.8) is 0 Å². The Morgan fingerprint density at radius 3 is 2.34 bits per heavy atom. The van der Waals surface area contributed by atoms with Gasteiger partial charge in [-0.1, -0.05) is 30.3 Å². The van der Waals surface area contributed by atoms with Crippen LogP contribution in [-0.4, -0.2) is 152 Å². The molecule has 4 heterocycles. The van der Waals surface area contributed by atoms with Crippen molar-refractivity contribution in [2.45, 2.75) is 126 Å². The van der Waals surface area contributed by atoms with Gasteiger partial charge in [-0.15, -0.1) is 0 Å². The summed E-state index contributed by atoms with van der Waals surface area (Å²) in [7, 11) is 0. The average Bonchev–Trinajstić information content (AvgIpc) is 3.92. The lowest BCUT2D eigenvalue weighted by atomic mass is 9.83. The molecule has 22 heteroatoms. The van der Waals surface area contributed by atoms with Gasteiger partial charge < -0.3 is 62.8 Å². The highest BCUT2D eigenvalue weighted by atomic mass is 16.4. The molecular formula is C46H64N12O10. The Kier molecular flexibility index (Phi) is 18.2. The molecule has 1 saturated carbocycles. The van der Waals surface area contributed by atoms with E-state index in [0.717, 1.165) is 0 Å². The number of carboxylic acid groups (broad SMARTS) is 1. The number of aromatic nitrogens is 2. The van der Waals surface area contributed by atoms with E-state index in [0.29, 0.717) is 54.3 Å². The van der Waals surface area contributed by atoms with Crippen molar-refractivity contribution in [2.75, 3.05) is 26.2 Å². The molecule has 6 amide bonds. The van der Waals surface area contributed by atoms with E-state index in [-0.39, 0.29) is 76.5 Å². The molecule has 3 fully saturated rings. The molecule has 2 aliphatic heterocycles. The first-order chi connectivity index (χ1) is 32.6. The third kappa shape index (κ3) is 14.4. The minimum absolute atomic E-state index is 0.0316. The van der Waals surface area contributed by atoms with E-state index < -0.39 is 96.4 Å². The normalized spacial score (nSPS) is 26.0. The molecule has 68 heavy (non-hydrogen) atoms. The molecule has 1 aliphatic carbocycles. The van der Waals surface area contributed by atoms with Crippen molar-refractivity contribution in [3.8, 4) is 0 Å². The third-order valence-corrected chi connectivity index (χ3v) is 12.8. The number of aliphatic hydroxyl groups excluding tert-OH is 2. The minimum Gasteiger partial charge on any atom is -0.480 e. The zero-order valence-corrected chi connectivity index (χ0v) is 37.9. The molecule has 2 saturated heterocycles. The number of carbonyl (C=O) groups excluding carboxylic acids is 6. The van der Waals surface area contributed by atoms with Crippen molar-refractivity contribution in [1.82, 2.24) is 52.1 Å². The highest BCUT2D eigenvalue weighted by molar-refractivity contribution is 5.97. The van der Waals surface area contributed by atoms with Crippen LogP contribution in [0.15, 0.2) is 54.9 Å². The van der Waals surface area contributed by atoms with Crippen LogP contribution in [0.25, 0.3) is 11.0 Å². The number of aliphatic hydroxyl groups is 2. The van der Waals surface area contributed by atoms with Gasteiger partial charge in [0.25, 0.3) is 0 Å². The third-order valence-electron chi connectivity index (χ3n) is 12.8. The Bertz CT molecular complexity index is 2250. The second-order valence-corrected chi connectivity index (χ2v) is 17.9. The number of nitrogens with one attached hydrogen (secondary N) is 9. The zero-order chi connectivity index (χ0) is 48.7. The van der Waals surface area contributed by atoms with Crippen molar-refractivity contribution in [1.29, 1.82) is 5.41 Å². The van der Waals surface area contributed by atoms with E-state index in [1.54, 1.807) is 48.8 Å². The van der Waals surface area contributed by atoms with Gasteiger partial charge in [0, 0.05) is 50.3 Å². The summed E-state index contributed by atoms with van der Waals surface area (Å²) in [6.45, 7) is -0.657. The smallest absolute Gasteiger partial charge is 0.317 e. The zero-order valence-electron chi connectivity index (χ0n) is 37.9. The molecule has 14 N–H and O–H groups in total. The van der Waals surface area contributed by atoms with Gasteiger partial charge in [0.1, 0.15) is 35.9 Å². The summed E-state index contributed by atoms with van der Waals surface area (Å²) in [6, 6.07) is 5.04. The number of benzene rings is 1. The molecule has 0 spiro atoms. The summed E-state index contributed by atoms with van der Waals surface area (Å²) in [4.78, 5) is 106. The van der Waals surface area contributed by atoms with E-state index in [2.05, 4.69) is 47.2 Å². The minimum atomic E-state index is -1.31.